The minimum absolute atomic E-state index is 0.0764. The van der Waals surface area contributed by atoms with Gasteiger partial charge in [0.05, 0.1) is 5.69 Å². The Kier molecular flexibility index (Phi) is 5.76. The summed E-state index contributed by atoms with van der Waals surface area (Å²) in [5, 5.41) is 7.29. The number of anilines is 2. The lowest BCUT2D eigenvalue weighted by Gasteiger charge is -2.15. The number of carbonyl (C=O) groups excluding carboxylic acids is 1. The van der Waals surface area contributed by atoms with Crippen LogP contribution in [-0.2, 0) is 4.79 Å². The highest BCUT2D eigenvalue weighted by Gasteiger charge is 2.11. The van der Waals surface area contributed by atoms with Gasteiger partial charge in [-0.3, -0.25) is 4.79 Å². The van der Waals surface area contributed by atoms with E-state index in [1.54, 1.807) is 20.2 Å². The van der Waals surface area contributed by atoms with E-state index in [4.69, 9.17) is 4.74 Å². The Morgan fingerprint density at radius 3 is 2.48 bits per heavy atom. The summed E-state index contributed by atoms with van der Waals surface area (Å²) in [6.07, 6.45) is 1.36. The topological polar surface area (TPSA) is 72.3 Å². The molecule has 0 saturated heterocycles. The van der Waals surface area contributed by atoms with Crippen LogP contribution in [0.2, 0.25) is 0 Å². The fraction of sp³-hybridized carbons (Fsp3) is 0.250. The number of ether oxygens (including phenoxy) is 1. The molecule has 0 fully saturated rings. The van der Waals surface area contributed by atoms with Gasteiger partial charge in [-0.2, -0.15) is 4.98 Å². The molecule has 1 aromatic heterocycles. The predicted octanol–water partition coefficient (Wildman–Crippen LogP) is 3.37. The summed E-state index contributed by atoms with van der Waals surface area (Å²) in [5.74, 6) is -0.779. The summed E-state index contributed by atoms with van der Waals surface area (Å²) < 4.78 is 33.7. The van der Waals surface area contributed by atoms with Crippen molar-refractivity contribution in [1.82, 2.24) is 19.7 Å². The third kappa shape index (κ3) is 4.87. The summed E-state index contributed by atoms with van der Waals surface area (Å²) in [7, 11) is 3.32. The molecule has 1 amide bonds. The first-order chi connectivity index (χ1) is 13.7. The number of hydrogen-bond acceptors (Lipinski definition) is 5. The Balaban J connectivity index is 1.81. The molecule has 3 aromatic rings. The monoisotopic (exact) mass is 401 g/mol. The highest BCUT2D eigenvalue weighted by Crippen LogP contribution is 2.28. The van der Waals surface area contributed by atoms with Gasteiger partial charge in [0, 0.05) is 31.9 Å². The molecule has 1 N–H and O–H groups in total. The molecule has 0 aliphatic carbocycles. The van der Waals surface area contributed by atoms with E-state index in [1.807, 2.05) is 19.9 Å². The van der Waals surface area contributed by atoms with Gasteiger partial charge in [0.2, 0.25) is 5.95 Å². The van der Waals surface area contributed by atoms with E-state index in [2.05, 4.69) is 15.4 Å². The number of rotatable bonds is 6. The molecule has 0 unspecified atom stereocenters. The number of likely N-dealkylation sites (N-methyl/N-ethyl adjacent to an activating group) is 1. The highest BCUT2D eigenvalue weighted by molar-refractivity contribution is 5.77. The fourth-order valence-electron chi connectivity index (χ4n) is 2.55. The number of nitrogens with one attached hydrogen (secondary N) is 1. The summed E-state index contributed by atoms with van der Waals surface area (Å²) in [6.45, 7) is 3.76. The molecule has 0 aliphatic heterocycles. The van der Waals surface area contributed by atoms with Crippen LogP contribution in [0.4, 0.5) is 20.4 Å². The lowest BCUT2D eigenvalue weighted by Crippen LogP contribution is -2.27. The molecule has 3 rings (SSSR count). The zero-order valence-electron chi connectivity index (χ0n) is 16.5. The molecular formula is C20H21F2N5O2. The maximum absolute atomic E-state index is 13.4. The molecule has 29 heavy (non-hydrogen) atoms. The molecule has 7 nitrogen and oxygen atoms in total. The van der Waals surface area contributed by atoms with E-state index in [1.165, 1.54) is 15.9 Å². The van der Waals surface area contributed by atoms with Crippen molar-refractivity contribution in [2.75, 3.05) is 26.0 Å². The summed E-state index contributed by atoms with van der Waals surface area (Å²) in [6, 6.07) is 6.69. The maximum Gasteiger partial charge on any atom is 0.259 e. The van der Waals surface area contributed by atoms with Crippen molar-refractivity contribution in [1.29, 1.82) is 0 Å². The molecular weight excluding hydrogens is 380 g/mol. The number of halogens is 2. The van der Waals surface area contributed by atoms with E-state index in [0.717, 1.165) is 29.3 Å². The number of nitrogens with zero attached hydrogens (tertiary/aromatic N) is 4. The summed E-state index contributed by atoms with van der Waals surface area (Å²) in [5.41, 5.74) is 2.81. The Morgan fingerprint density at radius 2 is 1.83 bits per heavy atom. The van der Waals surface area contributed by atoms with E-state index < -0.39 is 11.6 Å². The van der Waals surface area contributed by atoms with Gasteiger partial charge in [0.15, 0.2) is 6.61 Å². The molecule has 0 atom stereocenters. The van der Waals surface area contributed by atoms with Gasteiger partial charge in [0.1, 0.15) is 23.7 Å². The smallest absolute Gasteiger partial charge is 0.259 e. The maximum atomic E-state index is 13.4. The average molecular weight is 401 g/mol. The van der Waals surface area contributed by atoms with Crippen LogP contribution in [0, 0.1) is 25.5 Å². The van der Waals surface area contributed by atoms with Gasteiger partial charge in [-0.15, -0.1) is 5.10 Å². The minimum atomic E-state index is -0.700. The van der Waals surface area contributed by atoms with E-state index in [-0.39, 0.29) is 24.1 Å². The zero-order chi connectivity index (χ0) is 21.1. The third-order valence-corrected chi connectivity index (χ3v) is 4.35. The van der Waals surface area contributed by atoms with Crippen LogP contribution < -0.4 is 10.1 Å². The van der Waals surface area contributed by atoms with Crippen LogP contribution in [-0.4, -0.2) is 46.3 Å². The molecule has 0 radical (unpaired) electrons. The van der Waals surface area contributed by atoms with Gasteiger partial charge in [-0.25, -0.2) is 13.5 Å². The van der Waals surface area contributed by atoms with Crippen molar-refractivity contribution in [2.24, 2.45) is 0 Å². The number of aromatic nitrogens is 3. The standard InChI is InChI=1S/C20H21F2N5O2/c1-12-5-17(29-10-19(28)26(3)4)9-18(13(12)2)24-20-23-11-27(25-20)16-7-14(21)6-15(22)8-16/h5-9,11H,10H2,1-4H3,(H,24,25). The van der Waals surface area contributed by atoms with Crippen molar-refractivity contribution >= 4 is 17.5 Å². The number of carbonyl (C=O) groups is 1. The molecule has 9 heteroatoms. The average Bonchev–Trinajstić information content (AvgIpc) is 3.11. The second-order valence-corrected chi connectivity index (χ2v) is 6.75. The molecule has 0 saturated carbocycles. The van der Waals surface area contributed by atoms with Gasteiger partial charge in [-0.1, -0.05) is 0 Å². The minimum Gasteiger partial charge on any atom is -0.484 e. The quantitative estimate of drug-likeness (QED) is 0.686. The Labute approximate surface area is 166 Å². The first-order valence-electron chi connectivity index (χ1n) is 8.82. The number of hydrogen-bond donors (Lipinski definition) is 1. The lowest BCUT2D eigenvalue weighted by molar-refractivity contribution is -0.130. The fourth-order valence-corrected chi connectivity index (χ4v) is 2.55. The van der Waals surface area contributed by atoms with E-state index in [0.29, 0.717) is 11.4 Å². The van der Waals surface area contributed by atoms with E-state index in [9.17, 15) is 13.6 Å². The van der Waals surface area contributed by atoms with Crippen molar-refractivity contribution in [3.05, 3.63) is 59.4 Å². The Hall–Kier alpha value is -3.49. The van der Waals surface area contributed by atoms with Crippen molar-refractivity contribution in [3.8, 4) is 11.4 Å². The van der Waals surface area contributed by atoms with Crippen molar-refractivity contribution in [2.45, 2.75) is 13.8 Å². The Morgan fingerprint density at radius 1 is 1.14 bits per heavy atom. The zero-order valence-corrected chi connectivity index (χ0v) is 16.5. The van der Waals surface area contributed by atoms with Crippen LogP contribution in [0.15, 0.2) is 36.7 Å². The SMILES string of the molecule is Cc1cc(OCC(=O)N(C)C)cc(Nc2ncn(-c3cc(F)cc(F)c3)n2)c1C. The summed E-state index contributed by atoms with van der Waals surface area (Å²) >= 11 is 0. The molecule has 2 aromatic carbocycles. The molecule has 152 valence electrons. The number of benzene rings is 2. The van der Waals surface area contributed by atoms with E-state index >= 15 is 0 Å². The number of aryl methyl sites for hydroxylation is 1. The van der Waals surface area contributed by atoms with Gasteiger partial charge >= 0.3 is 0 Å². The van der Waals surface area contributed by atoms with Crippen LogP contribution in [0.25, 0.3) is 5.69 Å². The van der Waals surface area contributed by atoms with Crippen molar-refractivity contribution in [3.63, 3.8) is 0 Å². The Bertz CT molecular complexity index is 1030. The largest absolute Gasteiger partial charge is 0.484 e. The molecule has 1 heterocycles. The second-order valence-electron chi connectivity index (χ2n) is 6.75. The van der Waals surface area contributed by atoms with Crippen LogP contribution in [0.5, 0.6) is 5.75 Å². The highest BCUT2D eigenvalue weighted by atomic mass is 19.1. The first-order valence-corrected chi connectivity index (χ1v) is 8.82. The normalized spacial score (nSPS) is 10.7. The number of amides is 1. The predicted molar refractivity (Wildman–Crippen MR) is 105 cm³/mol. The molecule has 0 spiro atoms. The third-order valence-electron chi connectivity index (χ3n) is 4.35. The molecule has 0 bridgehead atoms. The second kappa shape index (κ2) is 8.26. The lowest BCUT2D eigenvalue weighted by atomic mass is 10.1. The van der Waals surface area contributed by atoms with Crippen molar-refractivity contribution < 1.29 is 18.3 Å². The van der Waals surface area contributed by atoms with Gasteiger partial charge in [0.25, 0.3) is 5.91 Å². The van der Waals surface area contributed by atoms with Gasteiger partial charge < -0.3 is 15.0 Å². The van der Waals surface area contributed by atoms with Gasteiger partial charge in [-0.05, 0) is 43.2 Å². The summed E-state index contributed by atoms with van der Waals surface area (Å²) in [4.78, 5) is 17.3. The van der Waals surface area contributed by atoms with Crippen LogP contribution in [0.3, 0.4) is 0 Å². The molecule has 0 aliphatic rings. The van der Waals surface area contributed by atoms with Crippen LogP contribution in [0.1, 0.15) is 11.1 Å². The van der Waals surface area contributed by atoms with Crippen LogP contribution >= 0.6 is 0 Å². The first kappa shape index (κ1) is 20.2.